The number of ether oxygens (including phenoxy) is 1. The number of aliphatic hydroxyl groups is 3. The van der Waals surface area contributed by atoms with E-state index < -0.39 is 37.1 Å². The second-order valence-electron chi connectivity index (χ2n) is 4.27. The summed E-state index contributed by atoms with van der Waals surface area (Å²) in [6.45, 7) is -0.403. The Morgan fingerprint density at radius 1 is 1.25 bits per heavy atom. The van der Waals surface area contributed by atoms with Crippen molar-refractivity contribution in [1.29, 1.82) is 0 Å². The smallest absolute Gasteiger partial charge is 0.545 e. The van der Waals surface area contributed by atoms with E-state index >= 15 is 0 Å². The fourth-order valence-electron chi connectivity index (χ4n) is 1.89. The molecule has 20 heavy (non-hydrogen) atoms. The first kappa shape index (κ1) is 17.4. The predicted octanol–water partition coefficient (Wildman–Crippen LogP) is -5.09. The zero-order valence-corrected chi connectivity index (χ0v) is 12.9. The van der Waals surface area contributed by atoms with Gasteiger partial charge in [0.15, 0.2) is 6.23 Å². The number of hydrogen-bond acceptors (Lipinski definition) is 7. The van der Waals surface area contributed by atoms with Crippen molar-refractivity contribution in [2.45, 2.75) is 24.5 Å². The number of anilines is 1. The van der Waals surface area contributed by atoms with Gasteiger partial charge in [-0.05, 0) is 17.7 Å². The van der Waals surface area contributed by atoms with E-state index in [0.29, 0.717) is 5.69 Å². The third-order valence-corrected chi connectivity index (χ3v) is 2.97. The summed E-state index contributed by atoms with van der Waals surface area (Å²) in [7, 11) is 0. The van der Waals surface area contributed by atoms with E-state index in [4.69, 9.17) is 9.84 Å². The maximum Gasteiger partial charge on any atom is 1.00 e. The van der Waals surface area contributed by atoms with Crippen molar-refractivity contribution in [3.05, 3.63) is 29.8 Å². The molecule has 1 aromatic rings. The van der Waals surface area contributed by atoms with Crippen LogP contribution in [0.15, 0.2) is 24.3 Å². The molecule has 0 bridgehead atoms. The summed E-state index contributed by atoms with van der Waals surface area (Å²) in [5, 5.41) is 41.6. The average Bonchev–Trinajstić information content (AvgIpc) is 2.67. The van der Waals surface area contributed by atoms with Gasteiger partial charge in [-0.15, -0.1) is 0 Å². The zero-order chi connectivity index (χ0) is 14.0. The Balaban J connectivity index is 0.00000200. The molecular weight excluding hydrogens is 277 g/mol. The van der Waals surface area contributed by atoms with Gasteiger partial charge in [-0.1, -0.05) is 12.1 Å². The van der Waals surface area contributed by atoms with Gasteiger partial charge in [0.2, 0.25) is 0 Å². The summed E-state index contributed by atoms with van der Waals surface area (Å²) in [4.78, 5) is 10.6. The first-order chi connectivity index (χ1) is 9.02. The van der Waals surface area contributed by atoms with E-state index in [2.05, 4.69) is 5.32 Å². The minimum absolute atomic E-state index is 0. The molecule has 8 heteroatoms. The first-order valence-corrected chi connectivity index (χ1v) is 5.73. The van der Waals surface area contributed by atoms with Crippen LogP contribution in [0.3, 0.4) is 0 Å². The zero-order valence-electron chi connectivity index (χ0n) is 10.9. The number of carbonyl (C=O) groups excluding carboxylic acids is 1. The normalized spacial score (nSPS) is 28.8. The Labute approximate surface area is 137 Å². The van der Waals surface area contributed by atoms with Crippen LogP contribution in [0, 0.1) is 0 Å². The summed E-state index contributed by atoms with van der Waals surface area (Å²) in [6, 6.07) is 5.66. The fourth-order valence-corrected chi connectivity index (χ4v) is 1.89. The molecule has 0 saturated carbocycles. The largest absolute Gasteiger partial charge is 1.00 e. The standard InChI is InChI=1S/C12H15NO6.Na/c14-5-8-9(15)10(16)11(19-8)13-7-3-1-6(2-4-7)12(17)18;/h1-4,8-11,13-16H,5H2,(H,17,18);/q;+1/p-1/t8-,9+,10-,11+;/m1./s1. The third-order valence-electron chi connectivity index (χ3n) is 2.97. The second-order valence-corrected chi connectivity index (χ2v) is 4.27. The number of hydrogen-bond donors (Lipinski definition) is 4. The molecular formula is C12H14NNaO6. The number of rotatable bonds is 4. The van der Waals surface area contributed by atoms with Crippen molar-refractivity contribution >= 4 is 11.7 Å². The molecule has 0 radical (unpaired) electrons. The van der Waals surface area contributed by atoms with Gasteiger partial charge in [0, 0.05) is 5.69 Å². The Bertz CT molecular complexity index is 454. The Morgan fingerprint density at radius 2 is 1.85 bits per heavy atom. The van der Waals surface area contributed by atoms with E-state index in [0.717, 1.165) is 0 Å². The van der Waals surface area contributed by atoms with E-state index in [1.807, 2.05) is 0 Å². The van der Waals surface area contributed by atoms with Gasteiger partial charge in [0.1, 0.15) is 18.3 Å². The molecule has 1 aromatic carbocycles. The van der Waals surface area contributed by atoms with E-state index in [9.17, 15) is 20.1 Å². The Kier molecular flexibility index (Phi) is 6.41. The summed E-state index contributed by atoms with van der Waals surface area (Å²) in [5.74, 6) is -1.28. The topological polar surface area (TPSA) is 122 Å². The minimum Gasteiger partial charge on any atom is -0.545 e. The maximum absolute atomic E-state index is 10.6. The molecule has 104 valence electrons. The number of aliphatic hydroxyl groups excluding tert-OH is 3. The van der Waals surface area contributed by atoms with Gasteiger partial charge in [-0.25, -0.2) is 0 Å². The van der Waals surface area contributed by atoms with Gasteiger partial charge in [0.25, 0.3) is 0 Å². The van der Waals surface area contributed by atoms with Crippen molar-refractivity contribution in [1.82, 2.24) is 0 Å². The van der Waals surface area contributed by atoms with Gasteiger partial charge in [-0.2, -0.15) is 0 Å². The molecule has 0 unspecified atom stereocenters. The first-order valence-electron chi connectivity index (χ1n) is 5.73. The van der Waals surface area contributed by atoms with Crippen LogP contribution < -0.4 is 40.0 Å². The molecule has 1 fully saturated rings. The van der Waals surface area contributed by atoms with Crippen molar-refractivity contribution in [3.8, 4) is 0 Å². The Hall–Kier alpha value is -0.670. The van der Waals surface area contributed by atoms with E-state index in [1.54, 1.807) is 0 Å². The molecule has 1 saturated heterocycles. The SMILES string of the molecule is O=C([O-])c1ccc(N[C@H]2O[C@H](CO)[C@H](O)[C@H]2O)cc1.[Na+]. The van der Waals surface area contributed by atoms with Crippen LogP contribution in [0.5, 0.6) is 0 Å². The number of carbonyl (C=O) groups is 1. The number of aromatic carboxylic acids is 1. The third kappa shape index (κ3) is 3.70. The molecule has 0 spiro atoms. The van der Waals surface area contributed by atoms with Gasteiger partial charge in [0.05, 0.1) is 12.6 Å². The van der Waals surface area contributed by atoms with Gasteiger partial charge >= 0.3 is 29.6 Å². The molecule has 0 aliphatic carbocycles. The van der Waals surface area contributed by atoms with Crippen molar-refractivity contribution in [2.24, 2.45) is 0 Å². The molecule has 4 N–H and O–H groups in total. The van der Waals surface area contributed by atoms with Crippen molar-refractivity contribution < 1.29 is 59.5 Å². The molecule has 7 nitrogen and oxygen atoms in total. The second kappa shape index (κ2) is 7.37. The van der Waals surface area contributed by atoms with Crippen LogP contribution in [0.4, 0.5) is 5.69 Å². The minimum atomic E-state index is -1.28. The number of benzene rings is 1. The van der Waals surface area contributed by atoms with Crippen LogP contribution in [-0.4, -0.2) is 52.4 Å². The van der Waals surface area contributed by atoms with Gasteiger partial charge in [-0.3, -0.25) is 0 Å². The van der Waals surface area contributed by atoms with Gasteiger partial charge < -0.3 is 35.3 Å². The Morgan fingerprint density at radius 3 is 2.30 bits per heavy atom. The van der Waals surface area contributed by atoms with E-state index in [-0.39, 0.29) is 35.1 Å². The van der Waals surface area contributed by atoms with Crippen LogP contribution in [0.25, 0.3) is 0 Å². The van der Waals surface area contributed by atoms with Crippen LogP contribution in [-0.2, 0) is 4.74 Å². The number of carboxylic acid groups (broad SMARTS) is 1. The van der Waals surface area contributed by atoms with Crippen molar-refractivity contribution in [2.75, 3.05) is 11.9 Å². The molecule has 0 amide bonds. The molecule has 2 rings (SSSR count). The van der Waals surface area contributed by atoms with Crippen molar-refractivity contribution in [3.63, 3.8) is 0 Å². The summed E-state index contributed by atoms with van der Waals surface area (Å²) in [6.07, 6.45) is -4.08. The van der Waals surface area contributed by atoms with Crippen LogP contribution in [0.1, 0.15) is 10.4 Å². The number of carboxylic acids is 1. The predicted molar refractivity (Wildman–Crippen MR) is 62.2 cm³/mol. The molecule has 0 aromatic heterocycles. The average molecular weight is 291 g/mol. The molecule has 4 atom stereocenters. The monoisotopic (exact) mass is 291 g/mol. The van der Waals surface area contributed by atoms with Crippen LogP contribution in [0.2, 0.25) is 0 Å². The summed E-state index contributed by atoms with van der Waals surface area (Å²) < 4.78 is 5.23. The van der Waals surface area contributed by atoms with Crippen LogP contribution >= 0.6 is 0 Å². The molecule has 1 aliphatic rings. The maximum atomic E-state index is 10.6. The summed E-state index contributed by atoms with van der Waals surface area (Å²) >= 11 is 0. The van der Waals surface area contributed by atoms with E-state index in [1.165, 1.54) is 24.3 Å². The quantitative estimate of drug-likeness (QED) is 0.409. The molecule has 1 heterocycles. The summed E-state index contributed by atoms with van der Waals surface area (Å²) in [5.41, 5.74) is 0.548. The molecule has 1 aliphatic heterocycles. The fraction of sp³-hybridized carbons (Fsp3) is 0.417. The number of nitrogens with one attached hydrogen (secondary N) is 1.